The van der Waals surface area contributed by atoms with Crippen molar-refractivity contribution >= 4 is 63.6 Å². The number of amides is 2. The zero-order valence-electron chi connectivity index (χ0n) is 10.5. The molecule has 21 heavy (non-hydrogen) atoms. The first-order valence-electron chi connectivity index (χ1n) is 5.69. The summed E-state index contributed by atoms with van der Waals surface area (Å²) in [4.78, 5) is 33.9. The summed E-state index contributed by atoms with van der Waals surface area (Å²) in [5.41, 5.74) is 5.13. The van der Waals surface area contributed by atoms with E-state index in [1.807, 2.05) is 22.6 Å². The number of rotatable bonds is 6. The molecule has 2 amide bonds. The number of benzene rings is 1. The van der Waals surface area contributed by atoms with Crippen molar-refractivity contribution in [2.24, 2.45) is 5.73 Å². The molecule has 114 valence electrons. The van der Waals surface area contributed by atoms with Crippen molar-refractivity contribution in [2.45, 2.75) is 18.9 Å². The standard InChI is InChI=1S/C12H11Cl2IN2O4/c13-5-3-6(10(15)7(14)4-5)11(19)17-8(12(20)21)1-2-9(16)18/h3-4,8H,1-2H2,(H2,16,18)(H,17,19)(H,20,21). The second kappa shape index (κ2) is 7.81. The maximum absolute atomic E-state index is 12.1. The van der Waals surface area contributed by atoms with E-state index in [-0.39, 0.29) is 28.5 Å². The summed E-state index contributed by atoms with van der Waals surface area (Å²) < 4.78 is 0.454. The molecule has 4 N–H and O–H groups in total. The van der Waals surface area contributed by atoms with Crippen LogP contribution in [0.5, 0.6) is 0 Å². The number of halogens is 3. The number of carbonyl (C=O) groups is 3. The molecule has 0 aliphatic rings. The summed E-state index contributed by atoms with van der Waals surface area (Å²) >= 11 is 13.6. The van der Waals surface area contributed by atoms with Crippen molar-refractivity contribution in [3.05, 3.63) is 31.3 Å². The van der Waals surface area contributed by atoms with Gasteiger partial charge in [0.15, 0.2) is 0 Å². The van der Waals surface area contributed by atoms with Crippen LogP contribution in [0.4, 0.5) is 0 Å². The second-order valence-electron chi connectivity index (χ2n) is 4.12. The van der Waals surface area contributed by atoms with Gasteiger partial charge in [-0.1, -0.05) is 23.2 Å². The number of aliphatic carboxylic acids is 1. The fourth-order valence-corrected chi connectivity index (χ4v) is 2.55. The van der Waals surface area contributed by atoms with Gasteiger partial charge in [0.25, 0.3) is 5.91 Å². The first-order chi connectivity index (χ1) is 9.72. The lowest BCUT2D eigenvalue weighted by Crippen LogP contribution is -2.41. The summed E-state index contributed by atoms with van der Waals surface area (Å²) in [5.74, 6) is -2.54. The van der Waals surface area contributed by atoms with Crippen LogP contribution in [-0.2, 0) is 9.59 Å². The van der Waals surface area contributed by atoms with Gasteiger partial charge in [-0.05, 0) is 41.1 Å². The number of hydrogen-bond acceptors (Lipinski definition) is 3. The molecule has 0 bridgehead atoms. The third-order valence-electron chi connectivity index (χ3n) is 2.52. The van der Waals surface area contributed by atoms with E-state index in [1.54, 1.807) is 0 Å². The van der Waals surface area contributed by atoms with Gasteiger partial charge in [-0.25, -0.2) is 4.79 Å². The van der Waals surface area contributed by atoms with Crippen molar-refractivity contribution < 1.29 is 19.5 Å². The average Bonchev–Trinajstić information content (AvgIpc) is 2.37. The predicted octanol–water partition coefficient (Wildman–Crippen LogP) is 2.05. The van der Waals surface area contributed by atoms with Crippen molar-refractivity contribution in [1.82, 2.24) is 5.32 Å². The van der Waals surface area contributed by atoms with Crippen molar-refractivity contribution in [3.63, 3.8) is 0 Å². The smallest absolute Gasteiger partial charge is 0.326 e. The molecule has 1 aromatic rings. The Balaban J connectivity index is 2.92. The molecule has 1 rings (SSSR count). The van der Waals surface area contributed by atoms with E-state index < -0.39 is 23.8 Å². The Bertz CT molecular complexity index is 595. The number of nitrogens with one attached hydrogen (secondary N) is 1. The maximum Gasteiger partial charge on any atom is 0.326 e. The van der Waals surface area contributed by atoms with E-state index in [9.17, 15) is 14.4 Å². The van der Waals surface area contributed by atoms with Crippen LogP contribution in [0.1, 0.15) is 23.2 Å². The van der Waals surface area contributed by atoms with Crippen LogP contribution in [0.25, 0.3) is 0 Å². The molecule has 0 saturated carbocycles. The van der Waals surface area contributed by atoms with Crippen LogP contribution in [0.15, 0.2) is 12.1 Å². The molecule has 1 unspecified atom stereocenters. The molecule has 0 spiro atoms. The van der Waals surface area contributed by atoms with Crippen LogP contribution in [-0.4, -0.2) is 28.9 Å². The molecule has 6 nitrogen and oxygen atoms in total. The number of nitrogens with two attached hydrogens (primary N) is 1. The monoisotopic (exact) mass is 444 g/mol. The topological polar surface area (TPSA) is 109 Å². The molecule has 0 fully saturated rings. The molecule has 0 heterocycles. The van der Waals surface area contributed by atoms with Crippen LogP contribution in [0, 0.1) is 3.57 Å². The van der Waals surface area contributed by atoms with Gasteiger partial charge in [0, 0.05) is 15.0 Å². The Kier molecular flexibility index (Phi) is 6.69. The van der Waals surface area contributed by atoms with Gasteiger partial charge in [-0.15, -0.1) is 0 Å². The number of primary amides is 1. The first kappa shape index (κ1) is 18.0. The summed E-state index contributed by atoms with van der Waals surface area (Å²) in [6.07, 6.45) is -0.244. The van der Waals surface area contributed by atoms with E-state index in [2.05, 4.69) is 5.32 Å². The van der Waals surface area contributed by atoms with Gasteiger partial charge >= 0.3 is 5.97 Å². The maximum atomic E-state index is 12.1. The molecule has 1 atom stereocenters. The minimum absolute atomic E-state index is 0.0959. The van der Waals surface area contributed by atoms with Crippen LogP contribution < -0.4 is 11.1 Å². The zero-order chi connectivity index (χ0) is 16.2. The summed E-state index contributed by atoms with van der Waals surface area (Å²) in [6.45, 7) is 0. The Morgan fingerprint density at radius 3 is 2.48 bits per heavy atom. The second-order valence-corrected chi connectivity index (χ2v) is 6.04. The third-order valence-corrected chi connectivity index (χ3v) is 4.52. The molecule has 0 aliphatic heterocycles. The first-order valence-corrected chi connectivity index (χ1v) is 7.52. The molecule has 1 aromatic carbocycles. The van der Waals surface area contributed by atoms with E-state index in [1.165, 1.54) is 12.1 Å². The Morgan fingerprint density at radius 2 is 1.95 bits per heavy atom. The highest BCUT2D eigenvalue weighted by molar-refractivity contribution is 14.1. The summed E-state index contributed by atoms with van der Waals surface area (Å²) in [7, 11) is 0. The number of hydrogen-bond donors (Lipinski definition) is 3. The van der Waals surface area contributed by atoms with Gasteiger partial charge in [-0.2, -0.15) is 0 Å². The molecule has 9 heteroatoms. The highest BCUT2D eigenvalue weighted by Crippen LogP contribution is 2.26. The molecule has 0 radical (unpaired) electrons. The zero-order valence-corrected chi connectivity index (χ0v) is 14.2. The highest BCUT2D eigenvalue weighted by Gasteiger charge is 2.23. The molecular formula is C12H11Cl2IN2O4. The predicted molar refractivity (Wildman–Crippen MR) is 86.5 cm³/mol. The van der Waals surface area contributed by atoms with E-state index in [4.69, 9.17) is 34.0 Å². The van der Waals surface area contributed by atoms with Crippen molar-refractivity contribution in [2.75, 3.05) is 0 Å². The normalized spacial score (nSPS) is 11.8. The van der Waals surface area contributed by atoms with Gasteiger partial charge in [-0.3, -0.25) is 9.59 Å². The van der Waals surface area contributed by atoms with Gasteiger partial charge < -0.3 is 16.2 Å². The lowest BCUT2D eigenvalue weighted by atomic mass is 10.1. The SMILES string of the molecule is NC(=O)CCC(NC(=O)c1cc(Cl)cc(Cl)c1I)C(=O)O. The van der Waals surface area contributed by atoms with Gasteiger partial charge in [0.05, 0.1) is 10.6 Å². The largest absolute Gasteiger partial charge is 0.480 e. The van der Waals surface area contributed by atoms with Crippen LogP contribution >= 0.6 is 45.8 Å². The Morgan fingerprint density at radius 1 is 1.33 bits per heavy atom. The van der Waals surface area contributed by atoms with Crippen LogP contribution in [0.3, 0.4) is 0 Å². The number of carboxylic acid groups (broad SMARTS) is 1. The number of carboxylic acids is 1. The highest BCUT2D eigenvalue weighted by atomic mass is 127. The van der Waals surface area contributed by atoms with Crippen molar-refractivity contribution in [3.8, 4) is 0 Å². The lowest BCUT2D eigenvalue weighted by molar-refractivity contribution is -0.139. The molecular weight excluding hydrogens is 434 g/mol. The minimum atomic E-state index is -1.26. The van der Waals surface area contributed by atoms with Gasteiger partial charge in [0.1, 0.15) is 6.04 Å². The Labute approximate surface area is 144 Å². The molecule has 0 aliphatic carbocycles. The lowest BCUT2D eigenvalue weighted by Gasteiger charge is -2.15. The molecule has 0 saturated heterocycles. The van der Waals surface area contributed by atoms with E-state index in [0.717, 1.165) is 0 Å². The van der Waals surface area contributed by atoms with Crippen LogP contribution in [0.2, 0.25) is 10.0 Å². The summed E-state index contributed by atoms with van der Waals surface area (Å²) in [6, 6.07) is 1.64. The molecule has 0 aromatic heterocycles. The van der Waals surface area contributed by atoms with E-state index in [0.29, 0.717) is 3.57 Å². The minimum Gasteiger partial charge on any atom is -0.480 e. The fraction of sp³-hybridized carbons (Fsp3) is 0.250. The Hall–Kier alpha value is -1.06. The average molecular weight is 445 g/mol. The van der Waals surface area contributed by atoms with E-state index >= 15 is 0 Å². The number of carbonyl (C=O) groups excluding carboxylic acids is 2. The fourth-order valence-electron chi connectivity index (χ4n) is 1.50. The summed E-state index contributed by atoms with van der Waals surface area (Å²) in [5, 5.41) is 11.9. The van der Waals surface area contributed by atoms with Crippen molar-refractivity contribution in [1.29, 1.82) is 0 Å². The quantitative estimate of drug-likeness (QED) is 0.460. The third kappa shape index (κ3) is 5.33. The van der Waals surface area contributed by atoms with Gasteiger partial charge in [0.2, 0.25) is 5.91 Å².